The summed E-state index contributed by atoms with van der Waals surface area (Å²) in [7, 11) is 0. The number of benzene rings is 2. The third-order valence-electron chi connectivity index (χ3n) is 3.68. The summed E-state index contributed by atoms with van der Waals surface area (Å²) in [6.45, 7) is 0. The molecule has 0 aromatic heterocycles. The lowest BCUT2D eigenvalue weighted by Crippen LogP contribution is -2.44. The number of hydrogen-bond donors (Lipinski definition) is 0. The van der Waals surface area contributed by atoms with Gasteiger partial charge < -0.3 is 0 Å². The van der Waals surface area contributed by atoms with Crippen LogP contribution < -0.4 is 0 Å². The van der Waals surface area contributed by atoms with Crippen molar-refractivity contribution in [1.82, 2.24) is 0 Å². The minimum absolute atomic E-state index is 0.187. The summed E-state index contributed by atoms with van der Waals surface area (Å²) in [5, 5.41) is 0.347. The second-order valence-electron chi connectivity index (χ2n) is 5.18. The molecule has 3 rings (SSSR count). The highest BCUT2D eigenvalue weighted by molar-refractivity contribution is 8.15. The van der Waals surface area contributed by atoms with E-state index in [0.29, 0.717) is 5.12 Å². The maximum atomic E-state index is 12.1. The van der Waals surface area contributed by atoms with E-state index in [0.717, 1.165) is 18.6 Å². The number of thioether (sulfide) groups is 1. The van der Waals surface area contributed by atoms with Crippen LogP contribution in [0.25, 0.3) is 0 Å². The van der Waals surface area contributed by atoms with E-state index in [1.54, 1.807) is 0 Å². The van der Waals surface area contributed by atoms with Crippen molar-refractivity contribution in [3.63, 3.8) is 0 Å². The first-order valence-electron chi connectivity index (χ1n) is 6.54. The second-order valence-corrected chi connectivity index (χ2v) is 6.13. The minimum atomic E-state index is -0.187. The third-order valence-corrected chi connectivity index (χ3v) is 5.08. The molecule has 1 saturated heterocycles. The van der Waals surface area contributed by atoms with E-state index < -0.39 is 0 Å². The first-order valence-corrected chi connectivity index (χ1v) is 7.52. The van der Waals surface area contributed by atoms with Crippen molar-refractivity contribution in [2.45, 2.75) is 12.8 Å². The molecule has 0 aliphatic carbocycles. The Morgan fingerprint density at radius 2 is 1.32 bits per heavy atom. The molecule has 1 aliphatic heterocycles. The van der Waals surface area contributed by atoms with Gasteiger partial charge in [0.15, 0.2) is 5.12 Å². The van der Waals surface area contributed by atoms with Gasteiger partial charge in [-0.15, -0.1) is 0 Å². The Morgan fingerprint density at radius 1 is 0.842 bits per heavy atom. The Balaban J connectivity index is 1.82. The van der Waals surface area contributed by atoms with Gasteiger partial charge in [0.25, 0.3) is 0 Å². The van der Waals surface area contributed by atoms with Crippen LogP contribution in [0, 0.1) is 5.41 Å². The maximum absolute atomic E-state index is 12.1. The van der Waals surface area contributed by atoms with Crippen molar-refractivity contribution in [3.05, 3.63) is 71.8 Å². The van der Waals surface area contributed by atoms with E-state index in [9.17, 15) is 4.79 Å². The molecule has 96 valence electrons. The highest BCUT2D eigenvalue weighted by Gasteiger charge is 2.46. The molecule has 2 aromatic rings. The summed E-state index contributed by atoms with van der Waals surface area (Å²) >= 11 is 1.47. The molecule has 0 N–H and O–H groups in total. The van der Waals surface area contributed by atoms with Crippen LogP contribution in [-0.2, 0) is 17.6 Å². The number of hydrogen-bond acceptors (Lipinski definition) is 2. The molecule has 19 heavy (non-hydrogen) atoms. The van der Waals surface area contributed by atoms with Crippen LogP contribution in [0.2, 0.25) is 0 Å². The fraction of sp³-hybridized carbons (Fsp3) is 0.235. The van der Waals surface area contributed by atoms with Crippen molar-refractivity contribution in [3.8, 4) is 0 Å². The van der Waals surface area contributed by atoms with E-state index in [-0.39, 0.29) is 5.41 Å². The molecule has 0 radical (unpaired) electrons. The zero-order chi connectivity index (χ0) is 13.1. The second kappa shape index (κ2) is 5.22. The van der Waals surface area contributed by atoms with Gasteiger partial charge in [-0.05, 0) is 24.0 Å². The molecular weight excluding hydrogens is 252 g/mol. The summed E-state index contributed by atoms with van der Waals surface area (Å²) in [4.78, 5) is 12.1. The van der Waals surface area contributed by atoms with Gasteiger partial charge in [0.1, 0.15) is 0 Å². The Bertz CT molecular complexity index is 521. The highest BCUT2D eigenvalue weighted by Crippen LogP contribution is 2.45. The topological polar surface area (TPSA) is 17.1 Å². The smallest absolute Gasteiger partial charge is 0.196 e. The van der Waals surface area contributed by atoms with Crippen LogP contribution in [-0.4, -0.2) is 10.9 Å². The normalized spacial score (nSPS) is 16.9. The van der Waals surface area contributed by atoms with Gasteiger partial charge >= 0.3 is 0 Å². The molecule has 2 aromatic carbocycles. The molecular formula is C17H16OS. The molecule has 0 bridgehead atoms. The van der Waals surface area contributed by atoms with Crippen molar-refractivity contribution in [2.24, 2.45) is 5.41 Å². The number of rotatable bonds is 4. The lowest BCUT2D eigenvalue weighted by atomic mass is 9.78. The SMILES string of the molecule is O=C1SCC1(Cc1ccccc1)Cc1ccccc1. The van der Waals surface area contributed by atoms with E-state index >= 15 is 0 Å². The van der Waals surface area contributed by atoms with Crippen LogP contribution in [0.15, 0.2) is 60.7 Å². The predicted molar refractivity (Wildman–Crippen MR) is 80.2 cm³/mol. The Labute approximate surface area is 118 Å². The first kappa shape index (κ1) is 12.5. The molecule has 1 fully saturated rings. The molecule has 1 heterocycles. The van der Waals surface area contributed by atoms with Crippen LogP contribution in [0.1, 0.15) is 11.1 Å². The van der Waals surface area contributed by atoms with Gasteiger partial charge in [0.2, 0.25) is 0 Å². The van der Waals surface area contributed by atoms with Gasteiger partial charge in [-0.1, -0.05) is 72.4 Å². The summed E-state index contributed by atoms with van der Waals surface area (Å²) in [6.07, 6.45) is 1.71. The van der Waals surface area contributed by atoms with Crippen molar-refractivity contribution >= 4 is 16.9 Å². The lowest BCUT2D eigenvalue weighted by molar-refractivity contribution is -0.120. The van der Waals surface area contributed by atoms with Crippen LogP contribution >= 0.6 is 11.8 Å². The summed E-state index contributed by atoms with van der Waals surface area (Å²) in [5.74, 6) is 0.940. The first-order chi connectivity index (χ1) is 9.28. The van der Waals surface area contributed by atoms with Crippen molar-refractivity contribution in [2.75, 3.05) is 5.75 Å². The number of carbonyl (C=O) groups is 1. The lowest BCUT2D eigenvalue weighted by Gasteiger charge is -2.39. The Morgan fingerprint density at radius 3 is 1.63 bits per heavy atom. The molecule has 2 heteroatoms. The van der Waals surface area contributed by atoms with Gasteiger partial charge in [0.05, 0.1) is 5.41 Å². The molecule has 1 aliphatic rings. The standard InChI is InChI=1S/C17H16OS/c18-16-17(13-19-16,11-14-7-3-1-4-8-14)12-15-9-5-2-6-10-15/h1-10H,11-13H2. The fourth-order valence-electron chi connectivity index (χ4n) is 2.62. The predicted octanol–water partition coefficient (Wildman–Crippen LogP) is 3.73. The minimum Gasteiger partial charge on any atom is -0.287 e. The summed E-state index contributed by atoms with van der Waals surface area (Å²) in [6, 6.07) is 20.7. The van der Waals surface area contributed by atoms with Crippen molar-refractivity contribution < 1.29 is 4.79 Å². The number of carbonyl (C=O) groups excluding carboxylic acids is 1. The zero-order valence-corrected chi connectivity index (χ0v) is 11.5. The van der Waals surface area contributed by atoms with Crippen LogP contribution in [0.5, 0.6) is 0 Å². The molecule has 1 nitrogen and oxygen atoms in total. The van der Waals surface area contributed by atoms with Gasteiger partial charge in [-0.2, -0.15) is 0 Å². The monoisotopic (exact) mass is 268 g/mol. The molecule has 0 spiro atoms. The third kappa shape index (κ3) is 2.59. The van der Waals surface area contributed by atoms with Gasteiger partial charge in [-0.25, -0.2) is 0 Å². The molecule has 0 atom stereocenters. The van der Waals surface area contributed by atoms with Crippen LogP contribution in [0.3, 0.4) is 0 Å². The largest absolute Gasteiger partial charge is 0.287 e. The average molecular weight is 268 g/mol. The van der Waals surface area contributed by atoms with Crippen LogP contribution in [0.4, 0.5) is 0 Å². The fourth-order valence-corrected chi connectivity index (χ4v) is 3.64. The van der Waals surface area contributed by atoms with E-state index in [4.69, 9.17) is 0 Å². The maximum Gasteiger partial charge on any atom is 0.196 e. The van der Waals surface area contributed by atoms with Gasteiger partial charge in [0, 0.05) is 5.75 Å². The van der Waals surface area contributed by atoms with Crippen molar-refractivity contribution in [1.29, 1.82) is 0 Å². The van der Waals surface area contributed by atoms with E-state index in [1.807, 2.05) is 36.4 Å². The van der Waals surface area contributed by atoms with Gasteiger partial charge in [-0.3, -0.25) is 4.79 Å². The Hall–Kier alpha value is -1.54. The highest BCUT2D eigenvalue weighted by atomic mass is 32.2. The quantitative estimate of drug-likeness (QED) is 0.840. The summed E-state index contributed by atoms with van der Waals surface area (Å²) < 4.78 is 0. The Kier molecular flexibility index (Phi) is 3.43. The van der Waals surface area contributed by atoms with E-state index in [1.165, 1.54) is 22.9 Å². The molecule has 0 amide bonds. The van der Waals surface area contributed by atoms with E-state index in [2.05, 4.69) is 24.3 Å². The summed E-state index contributed by atoms with van der Waals surface area (Å²) in [5.41, 5.74) is 2.33. The molecule has 0 unspecified atom stereocenters. The zero-order valence-electron chi connectivity index (χ0n) is 10.7. The molecule has 0 saturated carbocycles. The average Bonchev–Trinajstić information content (AvgIpc) is 2.47.